The summed E-state index contributed by atoms with van der Waals surface area (Å²) in [6, 6.07) is 5.26. The molecule has 1 aliphatic heterocycles. The van der Waals surface area contributed by atoms with Gasteiger partial charge in [-0.15, -0.1) is 12.4 Å². The van der Waals surface area contributed by atoms with Gasteiger partial charge in [0.15, 0.2) is 0 Å². The number of nitrogens with zero attached hydrogens (tertiary/aromatic N) is 2. The molecule has 1 aromatic carbocycles. The van der Waals surface area contributed by atoms with Crippen molar-refractivity contribution in [2.75, 3.05) is 32.1 Å². The molecule has 1 aromatic rings. The van der Waals surface area contributed by atoms with E-state index in [1.165, 1.54) is 4.31 Å². The zero-order valence-corrected chi connectivity index (χ0v) is 14.6. The minimum absolute atomic E-state index is 0. The molecule has 0 radical (unpaired) electrons. The van der Waals surface area contributed by atoms with Gasteiger partial charge in [-0.1, -0.05) is 0 Å². The highest BCUT2D eigenvalue weighted by Crippen LogP contribution is 2.30. The highest BCUT2D eigenvalue weighted by atomic mass is 79.9. The Hall–Kier alpha value is -0.340. The second-order valence-electron chi connectivity index (χ2n) is 4.92. The third-order valence-electron chi connectivity index (χ3n) is 3.24. The minimum Gasteiger partial charge on any atom is -0.378 e. The lowest BCUT2D eigenvalue weighted by atomic mass is 10.3. The molecule has 0 saturated carbocycles. The maximum Gasteiger partial charge on any atom is 0.244 e. The van der Waals surface area contributed by atoms with Crippen LogP contribution in [0.4, 0.5) is 5.69 Å². The molecule has 20 heavy (non-hydrogen) atoms. The standard InChI is InChI=1S/C12H18BrN3O2S.ClH/c1-15(2)10-3-4-11(13)12(7-10)19(17,18)16-6-5-9(14)8-16;/h3-4,7,9H,5-6,8,14H2,1-2H3;1H/t9-;/m1./s1. The van der Waals surface area contributed by atoms with E-state index in [1.807, 2.05) is 25.1 Å². The van der Waals surface area contributed by atoms with Gasteiger partial charge >= 0.3 is 0 Å². The summed E-state index contributed by atoms with van der Waals surface area (Å²) >= 11 is 3.32. The van der Waals surface area contributed by atoms with Gasteiger partial charge in [0.1, 0.15) is 0 Å². The van der Waals surface area contributed by atoms with E-state index in [9.17, 15) is 8.42 Å². The maximum atomic E-state index is 12.6. The largest absolute Gasteiger partial charge is 0.378 e. The molecule has 114 valence electrons. The van der Waals surface area contributed by atoms with Crippen LogP contribution in [-0.4, -0.2) is 45.9 Å². The fraction of sp³-hybridized carbons (Fsp3) is 0.500. The molecule has 1 heterocycles. The van der Waals surface area contributed by atoms with Crippen LogP contribution in [0.5, 0.6) is 0 Å². The highest BCUT2D eigenvalue weighted by molar-refractivity contribution is 9.10. The lowest BCUT2D eigenvalue weighted by Gasteiger charge is -2.19. The lowest BCUT2D eigenvalue weighted by molar-refractivity contribution is 0.472. The first kappa shape index (κ1) is 17.7. The molecular weight excluding hydrogens is 366 g/mol. The molecule has 2 rings (SSSR count). The molecule has 2 N–H and O–H groups in total. The van der Waals surface area contributed by atoms with Gasteiger partial charge in [0.2, 0.25) is 10.0 Å². The third kappa shape index (κ3) is 3.46. The minimum atomic E-state index is -3.48. The molecule has 5 nitrogen and oxygen atoms in total. The predicted octanol–water partition coefficient (Wildman–Crippen LogP) is 1.66. The van der Waals surface area contributed by atoms with E-state index in [4.69, 9.17) is 5.73 Å². The van der Waals surface area contributed by atoms with Gasteiger partial charge in [0.05, 0.1) is 4.90 Å². The van der Waals surface area contributed by atoms with Crippen molar-refractivity contribution in [2.24, 2.45) is 5.73 Å². The normalized spacial score (nSPS) is 19.7. The Labute approximate surface area is 134 Å². The van der Waals surface area contributed by atoms with Crippen molar-refractivity contribution in [3.05, 3.63) is 22.7 Å². The van der Waals surface area contributed by atoms with Crippen molar-refractivity contribution in [3.63, 3.8) is 0 Å². The van der Waals surface area contributed by atoms with Crippen molar-refractivity contribution in [3.8, 4) is 0 Å². The van der Waals surface area contributed by atoms with Crippen molar-refractivity contribution in [2.45, 2.75) is 17.4 Å². The van der Waals surface area contributed by atoms with Gasteiger partial charge in [0, 0.05) is 43.4 Å². The fourth-order valence-corrected chi connectivity index (χ4v) is 4.54. The molecule has 0 aliphatic carbocycles. The van der Waals surface area contributed by atoms with Gasteiger partial charge in [-0.25, -0.2) is 8.42 Å². The van der Waals surface area contributed by atoms with Crippen LogP contribution in [0.1, 0.15) is 6.42 Å². The second-order valence-corrected chi connectivity index (χ2v) is 7.68. The van der Waals surface area contributed by atoms with Gasteiger partial charge in [-0.05, 0) is 40.5 Å². The van der Waals surface area contributed by atoms with Crippen LogP contribution < -0.4 is 10.6 Å². The van der Waals surface area contributed by atoms with Crippen molar-refractivity contribution in [1.82, 2.24) is 4.31 Å². The van der Waals surface area contributed by atoms with Crippen LogP contribution in [0.25, 0.3) is 0 Å². The molecule has 0 amide bonds. The van der Waals surface area contributed by atoms with Crippen LogP contribution in [0.15, 0.2) is 27.6 Å². The van der Waals surface area contributed by atoms with Crippen LogP contribution in [-0.2, 0) is 10.0 Å². The third-order valence-corrected chi connectivity index (χ3v) is 6.10. The average Bonchev–Trinajstić information content (AvgIpc) is 2.76. The number of anilines is 1. The number of rotatable bonds is 3. The number of nitrogens with two attached hydrogens (primary N) is 1. The molecule has 0 spiro atoms. The zero-order chi connectivity index (χ0) is 14.2. The molecule has 8 heteroatoms. The van der Waals surface area contributed by atoms with Crippen molar-refractivity contribution in [1.29, 1.82) is 0 Å². The Morgan fingerprint density at radius 1 is 1.40 bits per heavy atom. The maximum absolute atomic E-state index is 12.6. The van der Waals surface area contributed by atoms with Crippen molar-refractivity contribution < 1.29 is 8.42 Å². The van der Waals surface area contributed by atoms with Gasteiger partial charge in [-0.2, -0.15) is 4.31 Å². The van der Waals surface area contributed by atoms with E-state index in [0.29, 0.717) is 28.9 Å². The first-order valence-corrected chi connectivity index (χ1v) is 8.28. The topological polar surface area (TPSA) is 66.6 Å². The molecule has 1 saturated heterocycles. The van der Waals surface area contributed by atoms with Crippen LogP contribution in [0, 0.1) is 0 Å². The SMILES string of the molecule is CN(C)c1ccc(Br)c(S(=O)(=O)N2CC[C@@H](N)C2)c1.Cl. The van der Waals surface area contributed by atoms with E-state index in [-0.39, 0.29) is 18.4 Å². The first-order valence-electron chi connectivity index (χ1n) is 6.05. The van der Waals surface area contributed by atoms with E-state index < -0.39 is 10.0 Å². The summed E-state index contributed by atoms with van der Waals surface area (Å²) in [5.74, 6) is 0. The number of sulfonamides is 1. The molecule has 1 atom stereocenters. The first-order chi connectivity index (χ1) is 8.82. The smallest absolute Gasteiger partial charge is 0.244 e. The van der Waals surface area contributed by atoms with E-state index in [1.54, 1.807) is 12.1 Å². The Morgan fingerprint density at radius 3 is 2.55 bits per heavy atom. The van der Waals surface area contributed by atoms with E-state index in [2.05, 4.69) is 15.9 Å². The number of hydrogen-bond acceptors (Lipinski definition) is 4. The monoisotopic (exact) mass is 383 g/mol. The lowest BCUT2D eigenvalue weighted by Crippen LogP contribution is -2.32. The Morgan fingerprint density at radius 2 is 2.05 bits per heavy atom. The number of halogens is 2. The average molecular weight is 385 g/mol. The van der Waals surface area contributed by atoms with Crippen LogP contribution in [0.2, 0.25) is 0 Å². The number of hydrogen-bond donors (Lipinski definition) is 1. The second kappa shape index (κ2) is 6.62. The fourth-order valence-electron chi connectivity index (χ4n) is 2.08. The van der Waals surface area contributed by atoms with E-state index in [0.717, 1.165) is 5.69 Å². The number of benzene rings is 1. The molecule has 0 aromatic heterocycles. The van der Waals surface area contributed by atoms with Crippen molar-refractivity contribution >= 4 is 44.0 Å². The summed E-state index contributed by atoms with van der Waals surface area (Å²) in [6.07, 6.45) is 0.713. The Bertz CT molecular complexity index is 580. The Kier molecular flexibility index (Phi) is 5.86. The van der Waals surface area contributed by atoms with Crippen LogP contribution in [0.3, 0.4) is 0 Å². The quantitative estimate of drug-likeness (QED) is 0.860. The summed E-state index contributed by atoms with van der Waals surface area (Å²) in [7, 11) is 0.282. The highest BCUT2D eigenvalue weighted by Gasteiger charge is 2.32. The summed E-state index contributed by atoms with van der Waals surface area (Å²) in [6.45, 7) is 0.878. The molecule has 0 bridgehead atoms. The summed E-state index contributed by atoms with van der Waals surface area (Å²) in [4.78, 5) is 2.18. The molecule has 0 unspecified atom stereocenters. The molecular formula is C12H19BrClN3O2S. The predicted molar refractivity (Wildman–Crippen MR) is 87.1 cm³/mol. The summed E-state index contributed by atoms with van der Waals surface area (Å²) < 4.78 is 27.2. The van der Waals surface area contributed by atoms with Gasteiger partial charge in [0.25, 0.3) is 0 Å². The molecule has 1 aliphatic rings. The molecule has 1 fully saturated rings. The summed E-state index contributed by atoms with van der Waals surface area (Å²) in [5.41, 5.74) is 6.64. The van der Waals surface area contributed by atoms with E-state index >= 15 is 0 Å². The van der Waals surface area contributed by atoms with Gasteiger partial charge in [-0.3, -0.25) is 0 Å². The van der Waals surface area contributed by atoms with Gasteiger partial charge < -0.3 is 10.6 Å². The van der Waals surface area contributed by atoms with Crippen LogP contribution >= 0.6 is 28.3 Å². The zero-order valence-electron chi connectivity index (χ0n) is 11.4. The Balaban J connectivity index is 0.00000200. The summed E-state index contributed by atoms with van der Waals surface area (Å²) in [5, 5.41) is 0.